The number of rotatable bonds is 7. The van der Waals surface area contributed by atoms with Gasteiger partial charge in [-0.1, -0.05) is 6.92 Å². The van der Waals surface area contributed by atoms with Crippen LogP contribution in [0, 0.1) is 5.82 Å². The van der Waals surface area contributed by atoms with E-state index >= 15 is 0 Å². The van der Waals surface area contributed by atoms with Crippen molar-refractivity contribution in [2.45, 2.75) is 25.9 Å². The molecule has 5 nitrogen and oxygen atoms in total. The number of halogens is 1. The molecule has 0 bridgehead atoms. The van der Waals surface area contributed by atoms with Crippen molar-refractivity contribution in [2.75, 3.05) is 13.7 Å². The first-order valence-electron chi connectivity index (χ1n) is 8.23. The third kappa shape index (κ3) is 3.97. The summed E-state index contributed by atoms with van der Waals surface area (Å²) < 4.78 is 24.3. The number of ether oxygens (including phenoxy) is 1. The Morgan fingerprint density at radius 2 is 2.12 bits per heavy atom. The number of nitrogens with one attached hydrogen (secondary N) is 2. The fourth-order valence-corrected chi connectivity index (χ4v) is 2.76. The van der Waals surface area contributed by atoms with Gasteiger partial charge in [0, 0.05) is 25.6 Å². The summed E-state index contributed by atoms with van der Waals surface area (Å²) in [5.74, 6) is 1.31. The van der Waals surface area contributed by atoms with E-state index in [9.17, 15) is 9.18 Å². The number of methoxy groups -OCH3 is 1. The zero-order chi connectivity index (χ0) is 17.8. The molecule has 1 aromatic carbocycles. The fraction of sp³-hybridized carbons (Fsp3) is 0.316. The summed E-state index contributed by atoms with van der Waals surface area (Å²) in [6, 6.07) is 9.81. The standard InChI is InChI=1S/C19H21FN2O3/c1-3-15-6-7-18(25-15)17(11-24-2)21-10-13-8-12-4-5-14(20)9-16(12)22-19(13)23/h4-9,17,21H,3,10-11H2,1-2H3,(H,22,23). The van der Waals surface area contributed by atoms with Crippen LogP contribution in [0.3, 0.4) is 0 Å². The van der Waals surface area contributed by atoms with Crippen LogP contribution in [0.5, 0.6) is 0 Å². The lowest BCUT2D eigenvalue weighted by Crippen LogP contribution is -2.27. The van der Waals surface area contributed by atoms with Crippen molar-refractivity contribution in [1.82, 2.24) is 10.3 Å². The normalized spacial score (nSPS) is 12.6. The lowest BCUT2D eigenvalue weighted by Gasteiger charge is -2.16. The lowest BCUT2D eigenvalue weighted by atomic mass is 10.1. The first kappa shape index (κ1) is 17.4. The van der Waals surface area contributed by atoms with Gasteiger partial charge in [0.05, 0.1) is 18.2 Å². The molecule has 6 heteroatoms. The van der Waals surface area contributed by atoms with E-state index in [0.717, 1.165) is 23.3 Å². The third-order valence-electron chi connectivity index (χ3n) is 4.13. The van der Waals surface area contributed by atoms with Crippen LogP contribution in [0.15, 0.2) is 45.6 Å². The smallest absolute Gasteiger partial charge is 0.252 e. The molecule has 1 unspecified atom stereocenters. The number of hydrogen-bond donors (Lipinski definition) is 2. The monoisotopic (exact) mass is 344 g/mol. The average Bonchev–Trinajstić information content (AvgIpc) is 3.07. The Hall–Kier alpha value is -2.44. The second kappa shape index (κ2) is 7.63. The van der Waals surface area contributed by atoms with Crippen molar-refractivity contribution in [3.8, 4) is 0 Å². The van der Waals surface area contributed by atoms with E-state index < -0.39 is 0 Å². The zero-order valence-corrected chi connectivity index (χ0v) is 14.3. The highest BCUT2D eigenvalue weighted by atomic mass is 19.1. The molecule has 0 aliphatic heterocycles. The molecule has 0 saturated heterocycles. The molecule has 2 aromatic heterocycles. The third-order valence-corrected chi connectivity index (χ3v) is 4.13. The summed E-state index contributed by atoms with van der Waals surface area (Å²) in [7, 11) is 1.62. The number of aromatic nitrogens is 1. The van der Waals surface area contributed by atoms with Gasteiger partial charge < -0.3 is 19.5 Å². The van der Waals surface area contributed by atoms with Crippen LogP contribution in [0.4, 0.5) is 4.39 Å². The predicted molar refractivity (Wildman–Crippen MR) is 94.1 cm³/mol. The molecule has 3 rings (SSSR count). The Kier molecular flexibility index (Phi) is 5.31. The lowest BCUT2D eigenvalue weighted by molar-refractivity contribution is 0.155. The molecule has 25 heavy (non-hydrogen) atoms. The summed E-state index contributed by atoms with van der Waals surface area (Å²) in [6.07, 6.45) is 0.820. The molecule has 0 fully saturated rings. The Bertz CT molecular complexity index is 916. The van der Waals surface area contributed by atoms with Gasteiger partial charge in [0.1, 0.15) is 17.3 Å². The maximum atomic E-state index is 13.3. The Labute approximate surface area is 144 Å². The van der Waals surface area contributed by atoms with E-state index in [2.05, 4.69) is 10.3 Å². The van der Waals surface area contributed by atoms with E-state index in [0.29, 0.717) is 24.2 Å². The number of aromatic amines is 1. The highest BCUT2D eigenvalue weighted by Crippen LogP contribution is 2.18. The number of pyridine rings is 1. The first-order valence-corrected chi connectivity index (χ1v) is 8.23. The maximum Gasteiger partial charge on any atom is 0.252 e. The Balaban J connectivity index is 1.80. The second-order valence-corrected chi connectivity index (χ2v) is 5.90. The molecule has 0 saturated carbocycles. The molecule has 3 aromatic rings. The van der Waals surface area contributed by atoms with Crippen LogP contribution in [-0.2, 0) is 17.7 Å². The van der Waals surface area contributed by atoms with Gasteiger partial charge in [-0.05, 0) is 41.8 Å². The summed E-state index contributed by atoms with van der Waals surface area (Å²) in [5.41, 5.74) is 0.818. The topological polar surface area (TPSA) is 67.3 Å². The number of furan rings is 1. The second-order valence-electron chi connectivity index (χ2n) is 5.90. The minimum atomic E-state index is -0.376. The summed E-state index contributed by atoms with van der Waals surface area (Å²) in [5, 5.41) is 4.08. The van der Waals surface area contributed by atoms with Crippen LogP contribution in [0.1, 0.15) is 30.0 Å². The van der Waals surface area contributed by atoms with Gasteiger partial charge in [0.15, 0.2) is 0 Å². The SMILES string of the molecule is CCc1ccc(C(COC)NCc2cc3ccc(F)cc3[nH]c2=O)o1. The molecule has 0 aliphatic carbocycles. The van der Waals surface area contributed by atoms with E-state index in [1.807, 2.05) is 19.1 Å². The molecular weight excluding hydrogens is 323 g/mol. The van der Waals surface area contributed by atoms with E-state index in [1.54, 1.807) is 19.2 Å². The number of H-pyrrole nitrogens is 1. The Morgan fingerprint density at radius 1 is 1.28 bits per heavy atom. The molecule has 1 atom stereocenters. The first-order chi connectivity index (χ1) is 12.1. The summed E-state index contributed by atoms with van der Waals surface area (Å²) in [6.45, 7) is 2.80. The van der Waals surface area contributed by atoms with Crippen LogP contribution in [0.25, 0.3) is 10.9 Å². The van der Waals surface area contributed by atoms with Crippen molar-refractivity contribution < 1.29 is 13.5 Å². The largest absolute Gasteiger partial charge is 0.464 e. The molecule has 0 spiro atoms. The van der Waals surface area contributed by atoms with Crippen molar-refractivity contribution in [3.05, 3.63) is 69.7 Å². The van der Waals surface area contributed by atoms with E-state index in [4.69, 9.17) is 9.15 Å². The van der Waals surface area contributed by atoms with Crippen LogP contribution in [0.2, 0.25) is 0 Å². The van der Waals surface area contributed by atoms with Gasteiger partial charge in [-0.3, -0.25) is 4.79 Å². The summed E-state index contributed by atoms with van der Waals surface area (Å²) >= 11 is 0. The van der Waals surface area contributed by atoms with Crippen molar-refractivity contribution in [2.24, 2.45) is 0 Å². The summed E-state index contributed by atoms with van der Waals surface area (Å²) in [4.78, 5) is 14.9. The van der Waals surface area contributed by atoms with Crippen molar-refractivity contribution >= 4 is 10.9 Å². The predicted octanol–water partition coefficient (Wildman–Crippen LogP) is 3.30. The van der Waals surface area contributed by atoms with Crippen LogP contribution >= 0.6 is 0 Å². The molecule has 132 valence electrons. The average molecular weight is 344 g/mol. The number of fused-ring (bicyclic) bond motifs is 1. The van der Waals surface area contributed by atoms with Gasteiger partial charge in [-0.15, -0.1) is 0 Å². The fourth-order valence-electron chi connectivity index (χ4n) is 2.76. The van der Waals surface area contributed by atoms with Crippen molar-refractivity contribution in [1.29, 1.82) is 0 Å². The van der Waals surface area contributed by atoms with E-state index in [1.165, 1.54) is 12.1 Å². The highest BCUT2D eigenvalue weighted by Gasteiger charge is 2.16. The molecular formula is C19H21FN2O3. The van der Waals surface area contributed by atoms with Crippen LogP contribution < -0.4 is 10.9 Å². The molecule has 2 heterocycles. The molecule has 0 aliphatic rings. The maximum absolute atomic E-state index is 13.3. The molecule has 0 radical (unpaired) electrons. The quantitative estimate of drug-likeness (QED) is 0.690. The molecule has 2 N–H and O–H groups in total. The van der Waals surface area contributed by atoms with Gasteiger partial charge >= 0.3 is 0 Å². The zero-order valence-electron chi connectivity index (χ0n) is 14.3. The van der Waals surface area contributed by atoms with Gasteiger partial charge in [-0.25, -0.2) is 4.39 Å². The number of aryl methyl sites for hydroxylation is 1. The van der Waals surface area contributed by atoms with Gasteiger partial charge in [0.25, 0.3) is 5.56 Å². The number of hydrogen-bond acceptors (Lipinski definition) is 4. The van der Waals surface area contributed by atoms with E-state index in [-0.39, 0.29) is 17.4 Å². The minimum Gasteiger partial charge on any atom is -0.464 e. The van der Waals surface area contributed by atoms with Gasteiger partial charge in [-0.2, -0.15) is 0 Å². The molecule has 0 amide bonds. The van der Waals surface area contributed by atoms with Gasteiger partial charge in [0.2, 0.25) is 0 Å². The Morgan fingerprint density at radius 3 is 2.84 bits per heavy atom. The van der Waals surface area contributed by atoms with Crippen molar-refractivity contribution in [3.63, 3.8) is 0 Å². The van der Waals surface area contributed by atoms with Crippen LogP contribution in [-0.4, -0.2) is 18.7 Å². The highest BCUT2D eigenvalue weighted by molar-refractivity contribution is 5.78. The minimum absolute atomic E-state index is 0.159. The number of benzene rings is 1.